The highest BCUT2D eigenvalue weighted by Crippen LogP contribution is 2.38. The molecule has 1 aliphatic rings. The zero-order chi connectivity index (χ0) is 13.3. The lowest BCUT2D eigenvalue weighted by molar-refractivity contribution is -0.140. The molecule has 2 N–H and O–H groups in total. The van der Waals surface area contributed by atoms with E-state index in [1.165, 1.54) is 12.1 Å². The van der Waals surface area contributed by atoms with Crippen LogP contribution in [-0.4, -0.2) is 17.0 Å². The van der Waals surface area contributed by atoms with Gasteiger partial charge in [-0.05, 0) is 24.1 Å². The average molecular weight is 316 g/mol. The molecule has 1 aromatic rings. The topological polar surface area (TPSA) is 66.4 Å². The highest BCUT2D eigenvalue weighted by atomic mass is 79.9. The molecule has 0 radical (unpaired) electrons. The van der Waals surface area contributed by atoms with E-state index >= 15 is 0 Å². The second-order valence-corrected chi connectivity index (χ2v) is 5.09. The first-order valence-electron chi connectivity index (χ1n) is 5.43. The number of amides is 1. The summed E-state index contributed by atoms with van der Waals surface area (Å²) in [5.41, 5.74) is 0.747. The standard InChI is InChI=1S/C12H11BrFNO3/c13-10-3-7(14)2-1-6(10)5-15-11(16)8-4-9(8)12(17)18/h1-3,8-9H,4-5H2,(H,15,16)(H,17,18). The van der Waals surface area contributed by atoms with Crippen LogP contribution in [0.25, 0.3) is 0 Å². The van der Waals surface area contributed by atoms with Crippen LogP contribution in [-0.2, 0) is 16.1 Å². The number of carboxylic acid groups (broad SMARTS) is 1. The molecule has 0 saturated heterocycles. The normalized spacial score (nSPS) is 21.4. The fourth-order valence-electron chi connectivity index (χ4n) is 1.74. The monoisotopic (exact) mass is 315 g/mol. The zero-order valence-electron chi connectivity index (χ0n) is 9.32. The molecule has 0 bridgehead atoms. The van der Waals surface area contributed by atoms with Crippen molar-refractivity contribution in [2.75, 3.05) is 0 Å². The van der Waals surface area contributed by atoms with Crippen molar-refractivity contribution in [2.45, 2.75) is 13.0 Å². The molecule has 2 atom stereocenters. The fraction of sp³-hybridized carbons (Fsp3) is 0.333. The molecular weight excluding hydrogens is 305 g/mol. The van der Waals surface area contributed by atoms with Crippen LogP contribution < -0.4 is 5.32 Å². The van der Waals surface area contributed by atoms with E-state index in [0.717, 1.165) is 5.56 Å². The highest BCUT2D eigenvalue weighted by Gasteiger charge is 2.48. The molecule has 1 fully saturated rings. The van der Waals surface area contributed by atoms with Crippen molar-refractivity contribution < 1.29 is 19.1 Å². The third kappa shape index (κ3) is 2.87. The molecule has 2 rings (SSSR count). The van der Waals surface area contributed by atoms with E-state index in [1.807, 2.05) is 0 Å². The summed E-state index contributed by atoms with van der Waals surface area (Å²) >= 11 is 3.20. The summed E-state index contributed by atoms with van der Waals surface area (Å²) in [6, 6.07) is 4.20. The summed E-state index contributed by atoms with van der Waals surface area (Å²) in [4.78, 5) is 22.2. The van der Waals surface area contributed by atoms with Crippen LogP contribution in [0.3, 0.4) is 0 Å². The van der Waals surface area contributed by atoms with Gasteiger partial charge in [-0.25, -0.2) is 4.39 Å². The van der Waals surface area contributed by atoms with Crippen molar-refractivity contribution in [3.05, 3.63) is 34.1 Å². The van der Waals surface area contributed by atoms with Crippen LogP contribution in [0.5, 0.6) is 0 Å². The van der Waals surface area contributed by atoms with Gasteiger partial charge in [0.1, 0.15) is 5.82 Å². The van der Waals surface area contributed by atoms with E-state index in [9.17, 15) is 14.0 Å². The van der Waals surface area contributed by atoms with Gasteiger partial charge in [0.15, 0.2) is 0 Å². The Morgan fingerprint density at radius 1 is 1.44 bits per heavy atom. The minimum absolute atomic E-state index is 0.253. The number of halogens is 2. The van der Waals surface area contributed by atoms with Crippen LogP contribution in [0, 0.1) is 17.7 Å². The second-order valence-electron chi connectivity index (χ2n) is 4.24. The highest BCUT2D eigenvalue weighted by molar-refractivity contribution is 9.10. The molecule has 1 aliphatic carbocycles. The van der Waals surface area contributed by atoms with Crippen molar-refractivity contribution >= 4 is 27.8 Å². The van der Waals surface area contributed by atoms with Gasteiger partial charge in [0.25, 0.3) is 0 Å². The Balaban J connectivity index is 1.89. The number of carboxylic acids is 1. The smallest absolute Gasteiger partial charge is 0.307 e. The third-order valence-electron chi connectivity index (χ3n) is 2.91. The van der Waals surface area contributed by atoms with Crippen molar-refractivity contribution in [2.24, 2.45) is 11.8 Å². The number of benzene rings is 1. The van der Waals surface area contributed by atoms with Gasteiger partial charge < -0.3 is 10.4 Å². The van der Waals surface area contributed by atoms with Gasteiger partial charge in [-0.1, -0.05) is 22.0 Å². The van der Waals surface area contributed by atoms with Gasteiger partial charge in [0, 0.05) is 11.0 Å². The maximum Gasteiger partial charge on any atom is 0.307 e. The molecule has 1 saturated carbocycles. The van der Waals surface area contributed by atoms with Crippen LogP contribution in [0.1, 0.15) is 12.0 Å². The quantitative estimate of drug-likeness (QED) is 0.892. The minimum atomic E-state index is -0.932. The lowest BCUT2D eigenvalue weighted by Gasteiger charge is -2.06. The largest absolute Gasteiger partial charge is 0.481 e. The van der Waals surface area contributed by atoms with Crippen molar-refractivity contribution in [1.82, 2.24) is 5.32 Å². The van der Waals surface area contributed by atoms with Crippen LogP contribution in [0.4, 0.5) is 4.39 Å². The molecule has 4 nitrogen and oxygen atoms in total. The predicted molar refractivity (Wildman–Crippen MR) is 65.2 cm³/mol. The Morgan fingerprint density at radius 3 is 2.72 bits per heavy atom. The number of hydrogen-bond donors (Lipinski definition) is 2. The lowest BCUT2D eigenvalue weighted by Crippen LogP contribution is -2.26. The van der Waals surface area contributed by atoms with Crippen molar-refractivity contribution in [1.29, 1.82) is 0 Å². The molecule has 2 unspecified atom stereocenters. The zero-order valence-corrected chi connectivity index (χ0v) is 10.9. The number of rotatable bonds is 4. The summed E-state index contributed by atoms with van der Waals surface area (Å²) in [6.45, 7) is 0.253. The maximum atomic E-state index is 12.8. The summed E-state index contributed by atoms with van der Waals surface area (Å²) in [7, 11) is 0. The first kappa shape index (κ1) is 13.0. The summed E-state index contributed by atoms with van der Waals surface area (Å²) in [5, 5.41) is 11.4. The molecule has 1 aromatic carbocycles. The minimum Gasteiger partial charge on any atom is -0.481 e. The predicted octanol–water partition coefficient (Wildman–Crippen LogP) is 1.93. The van der Waals surface area contributed by atoms with E-state index < -0.39 is 17.8 Å². The maximum absolute atomic E-state index is 12.8. The van der Waals surface area contributed by atoms with E-state index in [-0.39, 0.29) is 18.3 Å². The van der Waals surface area contributed by atoms with Gasteiger partial charge in [-0.2, -0.15) is 0 Å². The van der Waals surface area contributed by atoms with Crippen LogP contribution in [0.15, 0.2) is 22.7 Å². The second kappa shape index (κ2) is 5.06. The Kier molecular flexibility index (Phi) is 3.65. The van der Waals surface area contributed by atoms with Crippen LogP contribution >= 0.6 is 15.9 Å². The third-order valence-corrected chi connectivity index (χ3v) is 3.65. The number of aliphatic carboxylic acids is 1. The first-order chi connectivity index (χ1) is 8.49. The molecule has 0 heterocycles. The van der Waals surface area contributed by atoms with E-state index in [1.54, 1.807) is 6.07 Å². The SMILES string of the molecule is O=C(O)C1CC1C(=O)NCc1ccc(F)cc1Br. The molecule has 0 aliphatic heterocycles. The Labute approximate surface area is 111 Å². The van der Waals surface area contributed by atoms with Gasteiger partial charge in [-0.15, -0.1) is 0 Å². The van der Waals surface area contributed by atoms with Crippen LogP contribution in [0.2, 0.25) is 0 Å². The Morgan fingerprint density at radius 2 is 2.17 bits per heavy atom. The molecule has 6 heteroatoms. The van der Waals surface area contributed by atoms with E-state index in [0.29, 0.717) is 10.9 Å². The van der Waals surface area contributed by atoms with Crippen molar-refractivity contribution in [3.63, 3.8) is 0 Å². The Bertz CT molecular complexity index is 506. The summed E-state index contributed by atoms with van der Waals surface area (Å²) < 4.78 is 13.4. The average Bonchev–Trinajstić information content (AvgIpc) is 3.07. The van der Waals surface area contributed by atoms with Gasteiger partial charge in [0.2, 0.25) is 5.91 Å². The molecule has 0 spiro atoms. The van der Waals surface area contributed by atoms with Crippen molar-refractivity contribution in [3.8, 4) is 0 Å². The molecule has 1 amide bonds. The fourth-order valence-corrected chi connectivity index (χ4v) is 2.23. The number of hydrogen-bond acceptors (Lipinski definition) is 2. The van der Waals surface area contributed by atoms with Gasteiger partial charge in [-0.3, -0.25) is 9.59 Å². The number of carbonyl (C=O) groups excluding carboxylic acids is 1. The number of nitrogens with one attached hydrogen (secondary N) is 1. The van der Waals surface area contributed by atoms with Gasteiger partial charge >= 0.3 is 5.97 Å². The first-order valence-corrected chi connectivity index (χ1v) is 6.23. The lowest BCUT2D eigenvalue weighted by atomic mass is 10.2. The van der Waals surface area contributed by atoms with Gasteiger partial charge in [0.05, 0.1) is 11.8 Å². The molecular formula is C12H11BrFNO3. The molecule has 96 valence electrons. The molecule has 18 heavy (non-hydrogen) atoms. The van der Waals surface area contributed by atoms with E-state index in [4.69, 9.17) is 5.11 Å². The summed E-state index contributed by atoms with van der Waals surface area (Å²) in [6.07, 6.45) is 0.395. The van der Waals surface area contributed by atoms with E-state index in [2.05, 4.69) is 21.2 Å². The summed E-state index contributed by atoms with van der Waals surface area (Å²) in [5.74, 6) is -2.54. The number of carbonyl (C=O) groups is 2. The molecule has 0 aromatic heterocycles. The Hall–Kier alpha value is -1.43.